The standard InChI is InChI=1S/C24H28ClN3O2/c1-17-7-8-21(25)12-22(17)27-10-9-19(15-27)13-26-24(30)20-11-23(29)28(16-20)14-18-5-3-2-4-6-18/h2-8,12,19-20H,9-11,13-16H2,1H3,(H,26,30). The fourth-order valence-electron chi connectivity index (χ4n) is 4.43. The lowest BCUT2D eigenvalue weighted by Crippen LogP contribution is -2.36. The van der Waals surface area contributed by atoms with Crippen molar-refractivity contribution < 1.29 is 9.59 Å². The van der Waals surface area contributed by atoms with Gasteiger partial charge in [0.05, 0.1) is 5.92 Å². The molecule has 4 rings (SSSR count). The lowest BCUT2D eigenvalue weighted by molar-refractivity contribution is -0.129. The van der Waals surface area contributed by atoms with Gasteiger partial charge < -0.3 is 15.1 Å². The Morgan fingerprint density at radius 3 is 2.77 bits per heavy atom. The second-order valence-electron chi connectivity index (χ2n) is 8.44. The number of hydrogen-bond donors (Lipinski definition) is 1. The molecule has 2 fully saturated rings. The third kappa shape index (κ3) is 4.78. The van der Waals surface area contributed by atoms with Gasteiger partial charge in [-0.3, -0.25) is 9.59 Å². The molecule has 0 aliphatic carbocycles. The molecule has 2 heterocycles. The maximum absolute atomic E-state index is 12.7. The molecule has 2 atom stereocenters. The van der Waals surface area contributed by atoms with E-state index in [-0.39, 0.29) is 17.7 Å². The molecule has 0 aromatic heterocycles. The molecule has 0 radical (unpaired) electrons. The van der Waals surface area contributed by atoms with Crippen molar-refractivity contribution in [2.24, 2.45) is 11.8 Å². The number of nitrogens with one attached hydrogen (secondary N) is 1. The van der Waals surface area contributed by atoms with Crippen LogP contribution >= 0.6 is 11.6 Å². The predicted molar refractivity (Wildman–Crippen MR) is 119 cm³/mol. The smallest absolute Gasteiger partial charge is 0.225 e. The van der Waals surface area contributed by atoms with Crippen LogP contribution in [0, 0.1) is 18.8 Å². The molecule has 0 saturated carbocycles. The lowest BCUT2D eigenvalue weighted by atomic mass is 10.1. The third-order valence-electron chi connectivity index (χ3n) is 6.16. The number of likely N-dealkylation sites (tertiary alicyclic amines) is 1. The molecule has 2 aromatic rings. The van der Waals surface area contributed by atoms with Crippen molar-refractivity contribution in [1.29, 1.82) is 0 Å². The summed E-state index contributed by atoms with van der Waals surface area (Å²) in [6.07, 6.45) is 1.34. The van der Waals surface area contributed by atoms with Crippen LogP contribution in [-0.2, 0) is 16.1 Å². The zero-order chi connectivity index (χ0) is 21.1. The first-order chi connectivity index (χ1) is 14.5. The van der Waals surface area contributed by atoms with Crippen molar-refractivity contribution in [3.63, 3.8) is 0 Å². The maximum atomic E-state index is 12.7. The number of benzene rings is 2. The van der Waals surface area contributed by atoms with Gasteiger partial charge in [0, 0.05) is 49.9 Å². The van der Waals surface area contributed by atoms with Crippen LogP contribution in [0.5, 0.6) is 0 Å². The van der Waals surface area contributed by atoms with Crippen molar-refractivity contribution in [3.05, 3.63) is 64.7 Å². The Kier molecular flexibility index (Phi) is 6.28. The van der Waals surface area contributed by atoms with E-state index in [9.17, 15) is 9.59 Å². The molecule has 2 unspecified atom stereocenters. The highest BCUT2D eigenvalue weighted by Crippen LogP contribution is 2.29. The number of amides is 2. The second kappa shape index (κ2) is 9.09. The molecule has 2 amide bonds. The van der Waals surface area contributed by atoms with E-state index < -0.39 is 0 Å². The molecule has 2 aromatic carbocycles. The highest BCUT2D eigenvalue weighted by atomic mass is 35.5. The number of rotatable bonds is 6. The molecule has 5 nitrogen and oxygen atoms in total. The molecule has 2 aliphatic heterocycles. The molecule has 1 N–H and O–H groups in total. The Morgan fingerprint density at radius 1 is 1.17 bits per heavy atom. The number of aryl methyl sites for hydroxylation is 1. The minimum Gasteiger partial charge on any atom is -0.371 e. The number of halogens is 1. The number of anilines is 1. The van der Waals surface area contributed by atoms with Gasteiger partial charge in [0.2, 0.25) is 11.8 Å². The van der Waals surface area contributed by atoms with Gasteiger partial charge in [-0.1, -0.05) is 48.0 Å². The zero-order valence-corrected chi connectivity index (χ0v) is 18.1. The van der Waals surface area contributed by atoms with E-state index in [2.05, 4.69) is 17.1 Å². The van der Waals surface area contributed by atoms with Gasteiger partial charge in [0.25, 0.3) is 0 Å². The average Bonchev–Trinajstić information content (AvgIpc) is 3.36. The summed E-state index contributed by atoms with van der Waals surface area (Å²) >= 11 is 6.17. The fraction of sp³-hybridized carbons (Fsp3) is 0.417. The molecular formula is C24H28ClN3O2. The quantitative estimate of drug-likeness (QED) is 0.768. The summed E-state index contributed by atoms with van der Waals surface area (Å²) in [5.74, 6) is 0.206. The van der Waals surface area contributed by atoms with Crippen LogP contribution in [-0.4, -0.2) is 42.9 Å². The van der Waals surface area contributed by atoms with Gasteiger partial charge in [-0.25, -0.2) is 0 Å². The summed E-state index contributed by atoms with van der Waals surface area (Å²) in [4.78, 5) is 29.2. The summed E-state index contributed by atoms with van der Waals surface area (Å²) in [5, 5.41) is 3.85. The first-order valence-corrected chi connectivity index (χ1v) is 11.0. The summed E-state index contributed by atoms with van der Waals surface area (Å²) in [6.45, 7) is 5.69. The zero-order valence-electron chi connectivity index (χ0n) is 17.3. The van der Waals surface area contributed by atoms with Crippen LogP contribution in [0.4, 0.5) is 5.69 Å². The SMILES string of the molecule is Cc1ccc(Cl)cc1N1CCC(CNC(=O)C2CC(=O)N(Cc3ccccc3)C2)C1. The Morgan fingerprint density at radius 2 is 1.97 bits per heavy atom. The average molecular weight is 426 g/mol. The van der Waals surface area contributed by atoms with Crippen molar-refractivity contribution in [1.82, 2.24) is 10.2 Å². The number of nitrogens with zero attached hydrogens (tertiary/aromatic N) is 2. The van der Waals surface area contributed by atoms with Gasteiger partial charge >= 0.3 is 0 Å². The summed E-state index contributed by atoms with van der Waals surface area (Å²) < 4.78 is 0. The number of carbonyl (C=O) groups excluding carboxylic acids is 2. The second-order valence-corrected chi connectivity index (χ2v) is 8.87. The van der Waals surface area contributed by atoms with E-state index >= 15 is 0 Å². The molecule has 6 heteroatoms. The number of hydrogen-bond acceptors (Lipinski definition) is 3. The highest BCUT2D eigenvalue weighted by molar-refractivity contribution is 6.30. The van der Waals surface area contributed by atoms with E-state index in [0.717, 1.165) is 30.1 Å². The number of carbonyl (C=O) groups is 2. The van der Waals surface area contributed by atoms with Crippen molar-refractivity contribution in [3.8, 4) is 0 Å². The monoisotopic (exact) mass is 425 g/mol. The first kappa shape index (κ1) is 20.7. The molecule has 2 saturated heterocycles. The minimum atomic E-state index is -0.256. The molecular weight excluding hydrogens is 398 g/mol. The van der Waals surface area contributed by atoms with Crippen LogP contribution in [0.3, 0.4) is 0 Å². The van der Waals surface area contributed by atoms with Gasteiger partial charge in [0.1, 0.15) is 0 Å². The highest BCUT2D eigenvalue weighted by Gasteiger charge is 2.34. The Bertz CT molecular complexity index is 918. The van der Waals surface area contributed by atoms with Gasteiger partial charge in [0.15, 0.2) is 0 Å². The van der Waals surface area contributed by atoms with Crippen LogP contribution in [0.1, 0.15) is 24.0 Å². The minimum absolute atomic E-state index is 0.00343. The topological polar surface area (TPSA) is 52.7 Å². The van der Waals surface area contributed by atoms with Gasteiger partial charge in [-0.05, 0) is 42.5 Å². The van der Waals surface area contributed by atoms with E-state index in [4.69, 9.17) is 11.6 Å². The maximum Gasteiger partial charge on any atom is 0.225 e. The lowest BCUT2D eigenvalue weighted by Gasteiger charge is -2.21. The van der Waals surface area contributed by atoms with E-state index in [0.29, 0.717) is 32.0 Å². The largest absolute Gasteiger partial charge is 0.371 e. The Hall–Kier alpha value is -2.53. The van der Waals surface area contributed by atoms with Gasteiger partial charge in [-0.15, -0.1) is 0 Å². The summed E-state index contributed by atoms with van der Waals surface area (Å²) in [7, 11) is 0. The van der Waals surface area contributed by atoms with Crippen molar-refractivity contribution >= 4 is 29.1 Å². The fourth-order valence-corrected chi connectivity index (χ4v) is 4.60. The summed E-state index contributed by atoms with van der Waals surface area (Å²) in [6, 6.07) is 15.9. The van der Waals surface area contributed by atoms with Gasteiger partial charge in [-0.2, -0.15) is 0 Å². The van der Waals surface area contributed by atoms with Crippen molar-refractivity contribution in [2.75, 3.05) is 31.1 Å². The molecule has 158 valence electrons. The van der Waals surface area contributed by atoms with Crippen LogP contribution < -0.4 is 10.2 Å². The Balaban J connectivity index is 1.26. The molecule has 30 heavy (non-hydrogen) atoms. The molecule has 2 aliphatic rings. The van der Waals surface area contributed by atoms with E-state index in [1.807, 2.05) is 48.5 Å². The van der Waals surface area contributed by atoms with E-state index in [1.165, 1.54) is 11.3 Å². The van der Waals surface area contributed by atoms with Crippen LogP contribution in [0.15, 0.2) is 48.5 Å². The van der Waals surface area contributed by atoms with Crippen molar-refractivity contribution in [2.45, 2.75) is 26.3 Å². The molecule has 0 bridgehead atoms. The van der Waals surface area contributed by atoms with E-state index in [1.54, 1.807) is 4.90 Å². The summed E-state index contributed by atoms with van der Waals surface area (Å²) in [5.41, 5.74) is 3.48. The molecule has 0 spiro atoms. The van der Waals surface area contributed by atoms with Crippen LogP contribution in [0.25, 0.3) is 0 Å². The van der Waals surface area contributed by atoms with Crippen LogP contribution in [0.2, 0.25) is 5.02 Å². The Labute approximate surface area is 183 Å². The predicted octanol–water partition coefficient (Wildman–Crippen LogP) is 3.64. The first-order valence-electron chi connectivity index (χ1n) is 10.6. The normalized spacial score (nSPS) is 21.3. The third-order valence-corrected chi connectivity index (χ3v) is 6.40.